The standard InChI is InChI=1S/C31H48O5/c1-20-16-17-27-25(28(20)32)18-23(4)26-15-11-9-13-22(3)29(35-19-34-7)21(2)12-8-10-14-24(5)36-30(33)31(26,27)6/h9,11-13,15,18,20,22,24-29,32H,8,10,14,16-17,19H2,1-7H3/b13-9+,15-11+,21-12+/t20-,22-,24+,25+,26-,27-,28+,29-,31-/m0/s1. The van der Waals surface area contributed by atoms with E-state index in [-0.39, 0.29) is 54.6 Å². The van der Waals surface area contributed by atoms with Crippen LogP contribution < -0.4 is 0 Å². The summed E-state index contributed by atoms with van der Waals surface area (Å²) in [5.41, 5.74) is 1.61. The molecule has 3 rings (SSSR count). The number of allylic oxidation sites excluding steroid dienone is 5. The summed E-state index contributed by atoms with van der Waals surface area (Å²) in [5, 5.41) is 11.1. The molecule has 0 radical (unpaired) electrons. The number of aliphatic hydroxyl groups is 1. The number of cyclic esters (lactones) is 1. The van der Waals surface area contributed by atoms with Crippen molar-refractivity contribution in [3.8, 4) is 0 Å². The molecule has 3 aliphatic rings. The summed E-state index contributed by atoms with van der Waals surface area (Å²) in [6.45, 7) is 12.8. The molecule has 1 heterocycles. The molecule has 0 unspecified atom stereocenters. The molecule has 0 spiro atoms. The van der Waals surface area contributed by atoms with E-state index in [0.717, 1.165) is 37.7 Å². The van der Waals surface area contributed by atoms with Crippen molar-refractivity contribution in [2.24, 2.45) is 35.0 Å². The molecule has 1 N–H and O–H groups in total. The van der Waals surface area contributed by atoms with Gasteiger partial charge in [0.1, 0.15) is 6.79 Å². The van der Waals surface area contributed by atoms with Gasteiger partial charge in [-0.3, -0.25) is 4.79 Å². The second-order valence-corrected chi connectivity index (χ2v) is 11.6. The van der Waals surface area contributed by atoms with Gasteiger partial charge in [0.2, 0.25) is 0 Å². The highest BCUT2D eigenvalue weighted by Gasteiger charge is 2.56. The number of esters is 1. The van der Waals surface area contributed by atoms with Gasteiger partial charge in [0.15, 0.2) is 0 Å². The maximum Gasteiger partial charge on any atom is 0.313 e. The molecule has 1 saturated carbocycles. The number of fused-ring (bicyclic) bond motifs is 3. The fraction of sp³-hybridized carbons (Fsp3) is 0.710. The molecular formula is C31H48O5. The second kappa shape index (κ2) is 12.7. The summed E-state index contributed by atoms with van der Waals surface area (Å²) < 4.78 is 17.3. The Kier molecular flexibility index (Phi) is 10.2. The zero-order valence-corrected chi connectivity index (χ0v) is 23.4. The Morgan fingerprint density at radius 3 is 2.53 bits per heavy atom. The lowest BCUT2D eigenvalue weighted by atomic mass is 9.52. The topological polar surface area (TPSA) is 65.0 Å². The van der Waals surface area contributed by atoms with E-state index in [9.17, 15) is 9.90 Å². The van der Waals surface area contributed by atoms with Gasteiger partial charge in [0.25, 0.3) is 0 Å². The zero-order valence-electron chi connectivity index (χ0n) is 23.4. The third-order valence-corrected chi connectivity index (χ3v) is 8.89. The third kappa shape index (κ3) is 6.23. The van der Waals surface area contributed by atoms with Crippen molar-refractivity contribution in [1.82, 2.24) is 0 Å². The Morgan fingerprint density at radius 1 is 1.08 bits per heavy atom. The van der Waals surface area contributed by atoms with Gasteiger partial charge in [-0.25, -0.2) is 0 Å². The predicted octanol–water partition coefficient (Wildman–Crippen LogP) is 6.39. The van der Waals surface area contributed by atoms with Gasteiger partial charge >= 0.3 is 5.97 Å². The molecule has 1 aliphatic heterocycles. The monoisotopic (exact) mass is 500 g/mol. The fourth-order valence-corrected chi connectivity index (χ4v) is 6.65. The lowest BCUT2D eigenvalue weighted by Crippen LogP contribution is -2.54. The summed E-state index contributed by atoms with van der Waals surface area (Å²) >= 11 is 0. The van der Waals surface area contributed by atoms with Crippen LogP contribution in [0.25, 0.3) is 0 Å². The van der Waals surface area contributed by atoms with E-state index in [1.807, 2.05) is 6.92 Å². The van der Waals surface area contributed by atoms with Gasteiger partial charge in [-0.05, 0) is 77.2 Å². The molecule has 0 amide bonds. The largest absolute Gasteiger partial charge is 0.462 e. The minimum absolute atomic E-state index is 0.0146. The number of aliphatic hydroxyl groups excluding tert-OH is 1. The molecule has 1 fully saturated rings. The average molecular weight is 501 g/mol. The van der Waals surface area contributed by atoms with E-state index in [4.69, 9.17) is 14.2 Å². The van der Waals surface area contributed by atoms with E-state index in [2.05, 4.69) is 71.1 Å². The first kappa shape index (κ1) is 28.9. The first-order chi connectivity index (χ1) is 17.1. The molecular weight excluding hydrogens is 452 g/mol. The van der Waals surface area contributed by atoms with Crippen molar-refractivity contribution in [3.63, 3.8) is 0 Å². The molecule has 0 saturated heterocycles. The van der Waals surface area contributed by atoms with Gasteiger partial charge < -0.3 is 19.3 Å². The molecule has 0 bridgehead atoms. The molecule has 0 aromatic heterocycles. The summed E-state index contributed by atoms with van der Waals surface area (Å²) in [6.07, 6.45) is 16.8. The molecule has 0 aromatic rings. The number of methoxy groups -OCH3 is 1. The Labute approximate surface area is 218 Å². The summed E-state index contributed by atoms with van der Waals surface area (Å²) in [6, 6.07) is 0. The minimum atomic E-state index is -0.716. The molecule has 5 nitrogen and oxygen atoms in total. The normalized spacial score (nSPS) is 43.7. The number of hydrogen-bond donors (Lipinski definition) is 1. The van der Waals surface area contributed by atoms with E-state index in [0.29, 0.717) is 0 Å². The van der Waals surface area contributed by atoms with E-state index in [1.54, 1.807) is 7.11 Å². The molecule has 36 heavy (non-hydrogen) atoms. The summed E-state index contributed by atoms with van der Waals surface area (Å²) in [5.74, 6) is 0.250. The Morgan fingerprint density at radius 2 is 1.81 bits per heavy atom. The number of rotatable bonds is 3. The Balaban J connectivity index is 1.98. The SMILES string of the molecule is COCO[C@H]1/C(C)=C/CCC[C@@H](C)OC(=O)[C@@]2(C)[C@@H](/C=C/C=C/[C@@H]1C)C(C)=C[C@H]1[C@H](O)[C@@H](C)CC[C@@H]12. The van der Waals surface area contributed by atoms with Crippen LogP contribution in [0.2, 0.25) is 0 Å². The van der Waals surface area contributed by atoms with Crippen LogP contribution in [0.1, 0.15) is 73.6 Å². The summed E-state index contributed by atoms with van der Waals surface area (Å²) in [4.78, 5) is 13.9. The minimum Gasteiger partial charge on any atom is -0.462 e. The number of carbonyl (C=O) groups is 1. The third-order valence-electron chi connectivity index (χ3n) is 8.89. The van der Waals surface area contributed by atoms with E-state index >= 15 is 0 Å². The molecule has 0 aromatic carbocycles. The van der Waals surface area contributed by atoms with Gasteiger partial charge in [0, 0.05) is 24.9 Å². The summed E-state index contributed by atoms with van der Waals surface area (Å²) in [7, 11) is 1.65. The van der Waals surface area contributed by atoms with Crippen molar-refractivity contribution in [2.45, 2.75) is 92.0 Å². The van der Waals surface area contributed by atoms with Crippen molar-refractivity contribution < 1.29 is 24.1 Å². The zero-order chi connectivity index (χ0) is 26.5. The van der Waals surface area contributed by atoms with Crippen molar-refractivity contribution in [2.75, 3.05) is 13.9 Å². The first-order valence-corrected chi connectivity index (χ1v) is 13.8. The molecule has 202 valence electrons. The van der Waals surface area contributed by atoms with Gasteiger partial charge in [-0.15, -0.1) is 0 Å². The lowest BCUT2D eigenvalue weighted by molar-refractivity contribution is -0.172. The van der Waals surface area contributed by atoms with E-state index < -0.39 is 11.5 Å². The number of carbonyl (C=O) groups excluding carboxylic acids is 1. The quantitative estimate of drug-likeness (QED) is 0.276. The van der Waals surface area contributed by atoms with E-state index in [1.165, 1.54) is 5.57 Å². The van der Waals surface area contributed by atoms with Crippen LogP contribution in [0.5, 0.6) is 0 Å². The van der Waals surface area contributed by atoms with Crippen LogP contribution in [-0.2, 0) is 19.0 Å². The van der Waals surface area contributed by atoms with Crippen LogP contribution >= 0.6 is 0 Å². The lowest BCUT2D eigenvalue weighted by Gasteiger charge is -2.52. The number of hydrogen-bond acceptors (Lipinski definition) is 5. The Bertz CT molecular complexity index is 870. The highest BCUT2D eigenvalue weighted by Crippen LogP contribution is 2.55. The maximum atomic E-state index is 13.9. The van der Waals surface area contributed by atoms with Crippen LogP contribution in [0.15, 0.2) is 47.6 Å². The second-order valence-electron chi connectivity index (χ2n) is 11.6. The van der Waals surface area contributed by atoms with Crippen molar-refractivity contribution >= 4 is 5.97 Å². The maximum absolute atomic E-state index is 13.9. The van der Waals surface area contributed by atoms with Crippen molar-refractivity contribution in [1.29, 1.82) is 0 Å². The molecule has 9 atom stereocenters. The van der Waals surface area contributed by atoms with Crippen LogP contribution in [-0.4, -0.2) is 43.3 Å². The first-order valence-electron chi connectivity index (χ1n) is 13.8. The fourth-order valence-electron chi connectivity index (χ4n) is 6.65. The number of ether oxygens (including phenoxy) is 3. The highest BCUT2D eigenvalue weighted by atomic mass is 16.7. The van der Waals surface area contributed by atoms with Crippen LogP contribution in [0.4, 0.5) is 0 Å². The Hall–Kier alpha value is -1.69. The average Bonchev–Trinajstić information content (AvgIpc) is 2.83. The molecule has 2 aliphatic carbocycles. The van der Waals surface area contributed by atoms with Crippen LogP contribution in [0, 0.1) is 35.0 Å². The van der Waals surface area contributed by atoms with Gasteiger partial charge in [-0.2, -0.15) is 0 Å². The van der Waals surface area contributed by atoms with Gasteiger partial charge in [-0.1, -0.05) is 55.9 Å². The highest BCUT2D eigenvalue weighted by molar-refractivity contribution is 5.79. The van der Waals surface area contributed by atoms with Crippen LogP contribution in [0.3, 0.4) is 0 Å². The predicted molar refractivity (Wildman–Crippen MR) is 144 cm³/mol. The molecule has 5 heteroatoms. The smallest absolute Gasteiger partial charge is 0.313 e. The van der Waals surface area contributed by atoms with Crippen molar-refractivity contribution in [3.05, 3.63) is 47.6 Å². The van der Waals surface area contributed by atoms with Gasteiger partial charge in [0.05, 0.1) is 23.7 Å².